The van der Waals surface area contributed by atoms with E-state index in [-0.39, 0.29) is 16.0 Å². The molecule has 0 atom stereocenters. The van der Waals surface area contributed by atoms with Crippen molar-refractivity contribution < 1.29 is 17.9 Å². The van der Waals surface area contributed by atoms with Crippen LogP contribution in [-0.2, 0) is 26.5 Å². The number of aromatic nitrogens is 4. The predicted molar refractivity (Wildman–Crippen MR) is 118 cm³/mol. The average molecular weight is 458 g/mol. The molecule has 0 unspecified atom stereocenters. The summed E-state index contributed by atoms with van der Waals surface area (Å²) in [7, 11) is -4.05. The van der Waals surface area contributed by atoms with Gasteiger partial charge in [0.2, 0.25) is 9.84 Å². The van der Waals surface area contributed by atoms with Crippen molar-refractivity contribution in [2.45, 2.75) is 55.6 Å². The third-order valence-electron chi connectivity index (χ3n) is 5.61. The number of nitrogens with two attached hydrogens (primary N) is 1. The zero-order valence-electron chi connectivity index (χ0n) is 18.4. The van der Waals surface area contributed by atoms with E-state index in [1.165, 1.54) is 18.3 Å². The standard InChI is InChI=1S/C22H27N5O4S/c1-22(2,3)20-25-17-12-15(32(29,30)21-24-9-6-16(26-21)19(23)28)4-5-18(17)27(20)13-14-7-10-31-11-8-14/h4-6,9,12,14H,7-8,10-11,13H2,1-3H3,(H2,23,28). The monoisotopic (exact) mass is 457 g/mol. The second-order valence-electron chi connectivity index (χ2n) is 9.09. The van der Waals surface area contributed by atoms with E-state index in [1.54, 1.807) is 12.1 Å². The molecule has 2 N–H and O–H groups in total. The fourth-order valence-corrected chi connectivity index (χ4v) is 5.08. The minimum atomic E-state index is -4.05. The zero-order chi connectivity index (χ0) is 23.1. The van der Waals surface area contributed by atoms with Crippen LogP contribution in [0.15, 0.2) is 40.5 Å². The minimum Gasteiger partial charge on any atom is -0.381 e. The number of nitrogens with zero attached hydrogens (tertiary/aromatic N) is 4. The van der Waals surface area contributed by atoms with Gasteiger partial charge in [0.25, 0.3) is 11.1 Å². The molecule has 0 spiro atoms. The van der Waals surface area contributed by atoms with E-state index in [4.69, 9.17) is 15.5 Å². The van der Waals surface area contributed by atoms with E-state index < -0.39 is 20.9 Å². The van der Waals surface area contributed by atoms with Crippen molar-refractivity contribution in [2.75, 3.05) is 13.2 Å². The Morgan fingerprint density at radius 2 is 1.91 bits per heavy atom. The third kappa shape index (κ3) is 4.24. The maximum atomic E-state index is 13.1. The third-order valence-corrected chi connectivity index (χ3v) is 7.16. The van der Waals surface area contributed by atoms with Gasteiger partial charge in [-0.15, -0.1) is 0 Å². The summed E-state index contributed by atoms with van der Waals surface area (Å²) >= 11 is 0. The Morgan fingerprint density at radius 3 is 2.56 bits per heavy atom. The molecule has 1 fully saturated rings. The van der Waals surface area contributed by atoms with Crippen LogP contribution < -0.4 is 5.73 Å². The number of fused-ring (bicyclic) bond motifs is 1. The van der Waals surface area contributed by atoms with E-state index in [1.807, 2.05) is 0 Å². The maximum absolute atomic E-state index is 13.1. The molecule has 0 saturated carbocycles. The smallest absolute Gasteiger partial charge is 0.267 e. The zero-order valence-corrected chi connectivity index (χ0v) is 19.2. The van der Waals surface area contributed by atoms with E-state index in [0.717, 1.165) is 43.9 Å². The highest BCUT2D eigenvalue weighted by Crippen LogP contribution is 2.31. The summed E-state index contributed by atoms with van der Waals surface area (Å²) in [6.45, 7) is 8.60. The highest BCUT2D eigenvalue weighted by atomic mass is 32.2. The Bertz CT molecular complexity index is 1270. The Labute approximate surface area is 186 Å². The molecule has 1 aliphatic heterocycles. The summed E-state index contributed by atoms with van der Waals surface area (Å²) in [6.07, 6.45) is 3.19. The quantitative estimate of drug-likeness (QED) is 0.583. The van der Waals surface area contributed by atoms with Crippen LogP contribution in [-0.4, -0.2) is 47.1 Å². The first kappa shape index (κ1) is 22.3. The molecule has 1 amide bonds. The lowest BCUT2D eigenvalue weighted by Gasteiger charge is -2.26. The van der Waals surface area contributed by atoms with Crippen LogP contribution >= 0.6 is 0 Å². The van der Waals surface area contributed by atoms with Crippen molar-refractivity contribution in [1.29, 1.82) is 0 Å². The van der Waals surface area contributed by atoms with Gasteiger partial charge >= 0.3 is 0 Å². The molecule has 0 radical (unpaired) electrons. The molecule has 10 heteroatoms. The van der Waals surface area contributed by atoms with E-state index >= 15 is 0 Å². The molecule has 1 aliphatic rings. The van der Waals surface area contributed by atoms with E-state index in [0.29, 0.717) is 11.4 Å². The molecule has 0 aliphatic carbocycles. The number of primary amides is 1. The number of amides is 1. The number of ether oxygens (including phenoxy) is 1. The lowest BCUT2D eigenvalue weighted by Crippen LogP contribution is -2.25. The van der Waals surface area contributed by atoms with Gasteiger partial charge in [0.1, 0.15) is 11.5 Å². The largest absolute Gasteiger partial charge is 0.381 e. The van der Waals surface area contributed by atoms with Crippen LogP contribution in [0.5, 0.6) is 0 Å². The number of carbonyl (C=O) groups excluding carboxylic acids is 1. The molecule has 1 aromatic carbocycles. The minimum absolute atomic E-state index is 0.0165. The van der Waals surface area contributed by atoms with Gasteiger partial charge in [0, 0.05) is 31.4 Å². The normalized spacial score (nSPS) is 15.8. The number of hydrogen-bond acceptors (Lipinski definition) is 7. The summed E-state index contributed by atoms with van der Waals surface area (Å²) in [4.78, 5) is 23.9. The number of carbonyl (C=O) groups is 1. The first-order valence-electron chi connectivity index (χ1n) is 10.5. The molecule has 0 bridgehead atoms. The van der Waals surface area contributed by atoms with Crippen LogP contribution in [0.3, 0.4) is 0 Å². The van der Waals surface area contributed by atoms with Crippen molar-refractivity contribution >= 4 is 26.8 Å². The number of imidazole rings is 1. The summed E-state index contributed by atoms with van der Waals surface area (Å²) in [5.74, 6) is 0.567. The van der Waals surface area contributed by atoms with Gasteiger partial charge in [-0.3, -0.25) is 4.79 Å². The summed E-state index contributed by atoms with van der Waals surface area (Å²) < 4.78 is 34.0. The number of rotatable bonds is 5. The number of sulfone groups is 1. The van der Waals surface area contributed by atoms with Crippen LogP contribution in [0.4, 0.5) is 0 Å². The van der Waals surface area contributed by atoms with Gasteiger partial charge in [-0.2, -0.15) is 0 Å². The number of hydrogen-bond donors (Lipinski definition) is 1. The van der Waals surface area contributed by atoms with Crippen molar-refractivity contribution in [3.05, 3.63) is 42.0 Å². The molecular weight excluding hydrogens is 430 g/mol. The fraction of sp³-hybridized carbons (Fsp3) is 0.455. The Kier molecular flexibility index (Phi) is 5.76. The van der Waals surface area contributed by atoms with E-state index in [2.05, 4.69) is 35.3 Å². The average Bonchev–Trinajstić information content (AvgIpc) is 3.13. The van der Waals surface area contributed by atoms with Gasteiger partial charge in [0.05, 0.1) is 15.9 Å². The van der Waals surface area contributed by atoms with Gasteiger partial charge in [-0.25, -0.2) is 23.4 Å². The number of benzene rings is 1. The highest BCUT2D eigenvalue weighted by Gasteiger charge is 2.28. The van der Waals surface area contributed by atoms with Gasteiger partial charge in [-0.05, 0) is 43.0 Å². The topological polar surface area (TPSA) is 130 Å². The van der Waals surface area contributed by atoms with Crippen molar-refractivity contribution in [3.8, 4) is 0 Å². The summed E-state index contributed by atoms with van der Waals surface area (Å²) in [5, 5.41) is -0.467. The van der Waals surface area contributed by atoms with Crippen LogP contribution in [0.2, 0.25) is 0 Å². The van der Waals surface area contributed by atoms with Gasteiger partial charge < -0.3 is 15.0 Å². The molecule has 1 saturated heterocycles. The van der Waals surface area contributed by atoms with Crippen molar-refractivity contribution in [2.24, 2.45) is 11.7 Å². The second kappa shape index (κ2) is 8.25. The Balaban J connectivity index is 1.79. The lowest BCUT2D eigenvalue weighted by atomic mass is 9.94. The van der Waals surface area contributed by atoms with Crippen LogP contribution in [0.1, 0.15) is 49.9 Å². The highest BCUT2D eigenvalue weighted by molar-refractivity contribution is 7.91. The van der Waals surface area contributed by atoms with Crippen molar-refractivity contribution in [3.63, 3.8) is 0 Å². The van der Waals surface area contributed by atoms with Crippen LogP contribution in [0.25, 0.3) is 11.0 Å². The second-order valence-corrected chi connectivity index (χ2v) is 10.9. The summed E-state index contributed by atoms with van der Waals surface area (Å²) in [5.41, 5.74) is 6.33. The first-order chi connectivity index (χ1) is 15.1. The van der Waals surface area contributed by atoms with Crippen molar-refractivity contribution in [1.82, 2.24) is 19.5 Å². The Morgan fingerprint density at radius 1 is 1.19 bits per heavy atom. The molecule has 32 heavy (non-hydrogen) atoms. The SMILES string of the molecule is CC(C)(C)c1nc2cc(S(=O)(=O)c3nccc(C(N)=O)n3)ccc2n1CC1CCOCC1. The molecule has 2 aromatic heterocycles. The first-order valence-corrected chi connectivity index (χ1v) is 12.0. The van der Waals surface area contributed by atoms with Gasteiger partial charge in [-0.1, -0.05) is 20.8 Å². The molecule has 4 rings (SSSR count). The van der Waals surface area contributed by atoms with Crippen LogP contribution in [0, 0.1) is 5.92 Å². The van der Waals surface area contributed by atoms with Gasteiger partial charge in [0.15, 0.2) is 0 Å². The van der Waals surface area contributed by atoms with E-state index in [9.17, 15) is 13.2 Å². The fourth-order valence-electron chi connectivity index (χ4n) is 3.93. The maximum Gasteiger partial charge on any atom is 0.267 e. The predicted octanol–water partition coefficient (Wildman–Crippen LogP) is 2.48. The summed E-state index contributed by atoms with van der Waals surface area (Å²) in [6, 6.07) is 6.13. The molecule has 3 heterocycles. The lowest BCUT2D eigenvalue weighted by molar-refractivity contribution is 0.0611. The molecule has 170 valence electrons. The molecular formula is C22H27N5O4S. The molecule has 9 nitrogen and oxygen atoms in total. The Hall–Kier alpha value is -2.85. The molecule has 3 aromatic rings.